The van der Waals surface area contributed by atoms with E-state index >= 15 is 0 Å². The van der Waals surface area contributed by atoms with Gasteiger partial charge < -0.3 is 24.1 Å². The number of ketones is 1. The summed E-state index contributed by atoms with van der Waals surface area (Å²) in [5, 5.41) is 0. The Hall–Kier alpha value is -1.76. The first-order valence-corrected chi connectivity index (χ1v) is 11.3. The maximum absolute atomic E-state index is 12.9. The fourth-order valence-electron chi connectivity index (χ4n) is 2.83. The lowest BCUT2D eigenvalue weighted by atomic mass is 10.2. The summed E-state index contributed by atoms with van der Waals surface area (Å²) in [6, 6.07) is -0.695. The zero-order valence-electron chi connectivity index (χ0n) is 15.2. The minimum absolute atomic E-state index is 0.0711. The van der Waals surface area contributed by atoms with Crippen molar-refractivity contribution < 1.29 is 23.1 Å². The van der Waals surface area contributed by atoms with E-state index in [1.807, 2.05) is 22.6 Å². The number of aromatic amines is 1. The zero-order chi connectivity index (χ0) is 20.5. The number of carbonyl (C=O) groups is 1. The minimum atomic E-state index is -3.46. The number of nitrogen functional groups attached to an aromatic ring is 1. The number of hydrogen-bond donors (Lipinski definition) is 2. The van der Waals surface area contributed by atoms with Crippen LogP contribution in [0.4, 0.5) is 5.95 Å². The molecule has 0 radical (unpaired) electrons. The van der Waals surface area contributed by atoms with Gasteiger partial charge in [0.05, 0.1) is 19.5 Å². The smallest absolute Gasteiger partial charge is 0.367 e. The van der Waals surface area contributed by atoms with E-state index in [0.29, 0.717) is 10.0 Å². The lowest BCUT2D eigenvalue weighted by molar-refractivity contribution is -0.120. The Morgan fingerprint density at radius 1 is 1.36 bits per heavy atom. The van der Waals surface area contributed by atoms with E-state index in [2.05, 4.69) is 15.0 Å². The van der Waals surface area contributed by atoms with Gasteiger partial charge in [0, 0.05) is 10.0 Å². The fraction of sp³-hybridized carbons (Fsp3) is 0.467. The van der Waals surface area contributed by atoms with Gasteiger partial charge in [0.15, 0.2) is 23.3 Å². The van der Waals surface area contributed by atoms with Gasteiger partial charge in [0.2, 0.25) is 11.7 Å². The Morgan fingerprint density at radius 3 is 2.68 bits per heavy atom. The number of rotatable bonds is 8. The normalized spacial score (nSPS) is 17.7. The van der Waals surface area contributed by atoms with Gasteiger partial charge in [0.25, 0.3) is 5.56 Å². The Balaban J connectivity index is 1.84. The highest BCUT2D eigenvalue weighted by atomic mass is 127. The summed E-state index contributed by atoms with van der Waals surface area (Å²) in [6.45, 7) is 3.76. The average molecular weight is 523 g/mol. The predicted molar refractivity (Wildman–Crippen MR) is 109 cm³/mol. The number of fused-ring (bicyclic) bond motifs is 1. The third kappa shape index (κ3) is 4.00. The number of ether oxygens (including phenoxy) is 1. The first-order valence-electron chi connectivity index (χ1n) is 8.45. The van der Waals surface area contributed by atoms with Crippen molar-refractivity contribution in [3.05, 3.63) is 26.0 Å². The van der Waals surface area contributed by atoms with Crippen molar-refractivity contribution in [1.29, 1.82) is 0 Å². The molecule has 1 atom stereocenters. The second-order valence-corrected chi connectivity index (χ2v) is 9.11. The molecule has 11 nitrogen and oxygen atoms in total. The Morgan fingerprint density at radius 2 is 2.04 bits per heavy atom. The molecule has 3 N–H and O–H groups in total. The molecule has 2 aromatic rings. The number of Topliss-reactive ketones (excluding diaryl/α,β-unsaturated/α-hetero) is 1. The number of nitrogens with zero attached hydrogens (tertiary/aromatic N) is 3. The first-order chi connectivity index (χ1) is 13.3. The van der Waals surface area contributed by atoms with E-state index in [1.165, 1.54) is 10.9 Å². The molecule has 2 heterocycles. The molecule has 0 fully saturated rings. The number of imidazole rings is 1. The van der Waals surface area contributed by atoms with Crippen LogP contribution in [0, 0.1) is 0 Å². The van der Waals surface area contributed by atoms with E-state index in [1.54, 1.807) is 13.8 Å². The molecule has 1 aliphatic carbocycles. The molecule has 0 aliphatic heterocycles. The molecule has 0 saturated carbocycles. The molecule has 1 aliphatic rings. The summed E-state index contributed by atoms with van der Waals surface area (Å²) in [5.41, 5.74) is 5.41. The van der Waals surface area contributed by atoms with E-state index in [4.69, 9.17) is 19.5 Å². The Labute approximate surface area is 173 Å². The molecular weight excluding hydrogens is 504 g/mol. The van der Waals surface area contributed by atoms with Crippen molar-refractivity contribution in [2.24, 2.45) is 0 Å². The first kappa shape index (κ1) is 21.0. The number of H-pyrrole nitrogens is 1. The molecular formula is C15H19IN5O6P. The second kappa shape index (κ2) is 8.31. The van der Waals surface area contributed by atoms with Gasteiger partial charge in [-0.05, 0) is 36.4 Å². The van der Waals surface area contributed by atoms with Gasteiger partial charge in [-0.1, -0.05) is 0 Å². The van der Waals surface area contributed by atoms with Gasteiger partial charge in [0.1, 0.15) is 6.04 Å². The molecule has 2 aromatic heterocycles. The number of nitrogens with two attached hydrogens (primary N) is 1. The molecule has 0 spiro atoms. The molecule has 28 heavy (non-hydrogen) atoms. The molecule has 13 heteroatoms. The quantitative estimate of drug-likeness (QED) is 0.392. The van der Waals surface area contributed by atoms with Gasteiger partial charge in [-0.15, -0.1) is 0 Å². The highest BCUT2D eigenvalue weighted by Gasteiger charge is 2.38. The van der Waals surface area contributed by atoms with E-state index in [9.17, 15) is 14.2 Å². The van der Waals surface area contributed by atoms with Crippen LogP contribution in [-0.4, -0.2) is 44.9 Å². The summed E-state index contributed by atoms with van der Waals surface area (Å²) in [6.07, 6.45) is 1.32. The van der Waals surface area contributed by atoms with Gasteiger partial charge in [-0.2, -0.15) is 4.98 Å². The molecule has 0 unspecified atom stereocenters. The van der Waals surface area contributed by atoms with Crippen LogP contribution in [0.2, 0.25) is 0 Å². The Kier molecular flexibility index (Phi) is 6.22. The highest BCUT2D eigenvalue weighted by Crippen LogP contribution is 2.49. The average Bonchev–Trinajstić information content (AvgIpc) is 3.15. The maximum Gasteiger partial charge on any atom is 0.367 e. The van der Waals surface area contributed by atoms with Crippen LogP contribution in [0.25, 0.3) is 11.2 Å². The molecule has 152 valence electrons. The molecule has 0 bridgehead atoms. The Bertz CT molecular complexity index is 1040. The van der Waals surface area contributed by atoms with E-state index in [-0.39, 0.29) is 48.2 Å². The molecule has 0 saturated heterocycles. The third-order valence-electron chi connectivity index (χ3n) is 3.95. The van der Waals surface area contributed by atoms with Crippen molar-refractivity contribution in [3.63, 3.8) is 0 Å². The summed E-state index contributed by atoms with van der Waals surface area (Å²) in [5.74, 6) is -0.327. The van der Waals surface area contributed by atoms with Crippen molar-refractivity contribution in [3.8, 4) is 0 Å². The number of nitrogens with one attached hydrogen (secondary N) is 1. The maximum atomic E-state index is 12.9. The largest absolute Gasteiger partial charge is 0.476 e. The van der Waals surface area contributed by atoms with Crippen LogP contribution in [0.3, 0.4) is 0 Å². The van der Waals surface area contributed by atoms with E-state index in [0.717, 1.165) is 0 Å². The second-order valence-electron chi connectivity index (χ2n) is 5.81. The summed E-state index contributed by atoms with van der Waals surface area (Å²) in [7, 11) is -3.46. The summed E-state index contributed by atoms with van der Waals surface area (Å²) >= 11 is 2.00. The van der Waals surface area contributed by atoms with Crippen LogP contribution >= 0.6 is 30.2 Å². The van der Waals surface area contributed by atoms with Crippen LogP contribution in [0.5, 0.6) is 0 Å². The third-order valence-corrected chi connectivity index (χ3v) is 6.63. The monoisotopic (exact) mass is 523 g/mol. The standard InChI is InChI=1S/C15H19IN5O6P/c1-3-26-28(24,27-4-2)7-25-12-8(16)5-9(11(12)22)21-6-18-10-13(21)19-15(17)20-14(10)23/h6,9H,3-5,7H2,1-2H3,(H3,17,19,20,23)/t9-/m0/s1. The number of aromatic nitrogens is 4. The molecule has 3 rings (SSSR count). The van der Waals surface area contributed by atoms with Crippen molar-refractivity contribution in [2.45, 2.75) is 26.3 Å². The van der Waals surface area contributed by atoms with Crippen LogP contribution < -0.4 is 11.3 Å². The number of carbonyl (C=O) groups excluding carboxylic acids is 1. The van der Waals surface area contributed by atoms with Crippen molar-refractivity contribution >= 4 is 53.1 Å². The van der Waals surface area contributed by atoms with Gasteiger partial charge in [-0.3, -0.25) is 19.1 Å². The summed E-state index contributed by atoms with van der Waals surface area (Å²) < 4.78 is 30.6. The predicted octanol–water partition coefficient (Wildman–Crippen LogP) is 2.10. The lowest BCUT2D eigenvalue weighted by Crippen LogP contribution is -2.19. The number of halogens is 1. The highest BCUT2D eigenvalue weighted by molar-refractivity contribution is 14.1. The fourth-order valence-corrected chi connectivity index (χ4v) is 4.97. The van der Waals surface area contributed by atoms with Crippen LogP contribution in [-0.2, 0) is 23.1 Å². The number of allylic oxidation sites excluding steroid dienone is 2. The molecule has 0 aromatic carbocycles. The zero-order valence-corrected chi connectivity index (χ0v) is 18.2. The van der Waals surface area contributed by atoms with Crippen LogP contribution in [0.1, 0.15) is 26.3 Å². The van der Waals surface area contributed by atoms with E-state index < -0.39 is 19.2 Å². The minimum Gasteiger partial charge on any atom is -0.476 e. The van der Waals surface area contributed by atoms with Crippen molar-refractivity contribution in [2.75, 3.05) is 25.3 Å². The van der Waals surface area contributed by atoms with Gasteiger partial charge >= 0.3 is 7.60 Å². The van der Waals surface area contributed by atoms with Crippen LogP contribution in [0.15, 0.2) is 20.5 Å². The number of hydrogen-bond acceptors (Lipinski definition) is 9. The lowest BCUT2D eigenvalue weighted by Gasteiger charge is -2.18. The molecule has 0 amide bonds. The van der Waals surface area contributed by atoms with Crippen molar-refractivity contribution in [1.82, 2.24) is 19.5 Å². The van der Waals surface area contributed by atoms with Gasteiger partial charge in [-0.25, -0.2) is 4.98 Å². The topological polar surface area (TPSA) is 151 Å². The number of anilines is 1. The SMILES string of the molecule is CCOP(=O)(COC1=C(I)C[C@H](n2cnc3c(=O)[nH]c(N)nc32)C1=O)OCC. The summed E-state index contributed by atoms with van der Waals surface area (Å²) in [4.78, 5) is 35.3.